The molecule has 6 heteroatoms. The van der Waals surface area contributed by atoms with Gasteiger partial charge in [0, 0.05) is 18.7 Å². The van der Waals surface area contributed by atoms with E-state index in [1.54, 1.807) is 6.07 Å². The lowest BCUT2D eigenvalue weighted by molar-refractivity contribution is -0.138. The maximum Gasteiger partial charge on any atom is 0.374 e. The fourth-order valence-electron chi connectivity index (χ4n) is 3.79. The van der Waals surface area contributed by atoms with Gasteiger partial charge in [-0.2, -0.15) is 5.26 Å². The quantitative estimate of drug-likeness (QED) is 0.797. The zero-order valence-electron chi connectivity index (χ0n) is 13.4. The molecule has 1 aromatic heterocycles. The summed E-state index contributed by atoms with van der Waals surface area (Å²) in [6.07, 6.45) is 6.50. The number of hydrogen-bond donors (Lipinski definition) is 0. The van der Waals surface area contributed by atoms with Crippen molar-refractivity contribution in [2.45, 2.75) is 50.3 Å². The average molecular weight is 318 g/mol. The summed E-state index contributed by atoms with van der Waals surface area (Å²) >= 11 is 0. The molecule has 0 aliphatic carbocycles. The van der Waals surface area contributed by atoms with Gasteiger partial charge in [0.15, 0.2) is 0 Å². The van der Waals surface area contributed by atoms with Gasteiger partial charge in [0.1, 0.15) is 6.04 Å². The predicted octanol–water partition coefficient (Wildman–Crippen LogP) is 2.49. The Morgan fingerprint density at radius 3 is 3.00 bits per heavy atom. The third kappa shape index (κ3) is 2.99. The van der Waals surface area contributed by atoms with Crippen LogP contribution in [0.4, 0.5) is 0 Å². The van der Waals surface area contributed by atoms with Crippen LogP contribution in [0, 0.1) is 11.3 Å². The average Bonchev–Trinajstić information content (AvgIpc) is 3.03. The molecule has 2 aliphatic rings. The molecule has 0 radical (unpaired) electrons. The zero-order chi connectivity index (χ0) is 16.3. The fourth-order valence-corrected chi connectivity index (χ4v) is 3.79. The van der Waals surface area contributed by atoms with E-state index >= 15 is 0 Å². The molecular weight excluding hydrogens is 296 g/mol. The Morgan fingerprint density at radius 1 is 1.48 bits per heavy atom. The first-order chi connectivity index (χ1) is 11.2. The van der Waals surface area contributed by atoms with Gasteiger partial charge in [0.2, 0.25) is 5.76 Å². The van der Waals surface area contributed by atoms with Gasteiger partial charge in [0.05, 0.1) is 25.0 Å². The van der Waals surface area contributed by atoms with Crippen LogP contribution < -0.4 is 0 Å². The highest BCUT2D eigenvalue weighted by molar-refractivity contribution is 5.87. The number of hydrogen-bond acceptors (Lipinski definition) is 6. The molecular formula is C17H22N2O4. The highest BCUT2D eigenvalue weighted by atomic mass is 16.5. The van der Waals surface area contributed by atoms with Crippen molar-refractivity contribution in [1.82, 2.24) is 4.90 Å². The lowest BCUT2D eigenvalue weighted by Crippen LogP contribution is -2.58. The molecule has 1 aromatic rings. The van der Waals surface area contributed by atoms with Crippen LogP contribution in [0.15, 0.2) is 16.7 Å². The summed E-state index contributed by atoms with van der Waals surface area (Å²) in [5, 5.41) is 9.75. The van der Waals surface area contributed by atoms with Gasteiger partial charge in [-0.05, 0) is 44.7 Å². The molecule has 6 nitrogen and oxygen atoms in total. The highest BCUT2D eigenvalue weighted by Crippen LogP contribution is 2.39. The molecule has 124 valence electrons. The van der Waals surface area contributed by atoms with Crippen molar-refractivity contribution in [2.24, 2.45) is 0 Å². The van der Waals surface area contributed by atoms with E-state index in [-0.39, 0.29) is 17.4 Å². The minimum Gasteiger partial charge on any atom is -0.463 e. The number of nitriles is 1. The second kappa shape index (κ2) is 6.73. The maximum atomic E-state index is 11.8. The van der Waals surface area contributed by atoms with Crippen molar-refractivity contribution in [3.63, 3.8) is 0 Å². The van der Waals surface area contributed by atoms with Gasteiger partial charge in [-0.3, -0.25) is 4.90 Å². The van der Waals surface area contributed by atoms with Crippen LogP contribution in [0.1, 0.15) is 48.2 Å². The number of piperidine rings is 1. The van der Waals surface area contributed by atoms with E-state index in [9.17, 15) is 10.1 Å². The molecule has 1 spiro atoms. The van der Waals surface area contributed by atoms with Crippen molar-refractivity contribution in [1.29, 1.82) is 5.26 Å². The van der Waals surface area contributed by atoms with Crippen LogP contribution in [0.25, 0.3) is 0 Å². The van der Waals surface area contributed by atoms with E-state index in [4.69, 9.17) is 13.9 Å². The molecule has 0 aromatic carbocycles. The lowest BCUT2D eigenvalue weighted by atomic mass is 9.79. The summed E-state index contributed by atoms with van der Waals surface area (Å²) in [6, 6.07) is 3.92. The number of carbonyl (C=O) groups is 1. The molecule has 2 fully saturated rings. The summed E-state index contributed by atoms with van der Waals surface area (Å²) < 4.78 is 16.1. The van der Waals surface area contributed by atoms with Gasteiger partial charge in [-0.1, -0.05) is 0 Å². The third-order valence-electron chi connectivity index (χ3n) is 4.91. The van der Waals surface area contributed by atoms with E-state index < -0.39 is 5.97 Å². The summed E-state index contributed by atoms with van der Waals surface area (Å²) in [5.74, 6) is -0.271. The Bertz CT molecular complexity index is 592. The summed E-state index contributed by atoms with van der Waals surface area (Å²) in [6.45, 7) is 2.03. The predicted molar refractivity (Wildman–Crippen MR) is 81.6 cm³/mol. The monoisotopic (exact) mass is 318 g/mol. The fraction of sp³-hybridized carbons (Fsp3) is 0.647. The molecule has 3 heterocycles. The molecule has 2 atom stereocenters. The molecule has 0 unspecified atom stereocenters. The molecule has 0 bridgehead atoms. The molecule has 0 saturated carbocycles. The SMILES string of the molecule is COC(=O)c1occc1CN1CCC[C@]2(CCCCO2)[C@H]1C#N. The van der Waals surface area contributed by atoms with E-state index in [2.05, 4.69) is 11.0 Å². The van der Waals surface area contributed by atoms with Crippen LogP contribution >= 0.6 is 0 Å². The number of methoxy groups -OCH3 is 1. The molecule has 3 rings (SSSR count). The van der Waals surface area contributed by atoms with E-state index in [1.165, 1.54) is 13.4 Å². The minimum absolute atomic E-state index is 0.216. The number of rotatable bonds is 3. The van der Waals surface area contributed by atoms with Crippen LogP contribution in [0.5, 0.6) is 0 Å². The number of esters is 1. The van der Waals surface area contributed by atoms with Gasteiger partial charge in [-0.15, -0.1) is 0 Å². The number of ether oxygens (including phenoxy) is 2. The summed E-state index contributed by atoms with van der Waals surface area (Å²) in [5.41, 5.74) is 0.394. The van der Waals surface area contributed by atoms with E-state index in [1.807, 2.05) is 0 Å². The Morgan fingerprint density at radius 2 is 2.30 bits per heavy atom. The Kier molecular flexibility index (Phi) is 4.69. The normalized spacial score (nSPS) is 28.4. The standard InChI is InChI=1S/C17H22N2O4/c1-21-16(20)15-13(5-10-22-15)12-19-8-4-7-17(14(19)11-18)6-2-3-9-23-17/h5,10,14H,2-4,6-9,12H2,1H3/t14-,17-/m1/s1. The van der Waals surface area contributed by atoms with Gasteiger partial charge in [0.25, 0.3) is 0 Å². The zero-order valence-corrected chi connectivity index (χ0v) is 13.4. The largest absolute Gasteiger partial charge is 0.463 e. The number of carbonyl (C=O) groups excluding carboxylic acids is 1. The van der Waals surface area contributed by atoms with Crippen molar-refractivity contribution < 1.29 is 18.7 Å². The second-order valence-corrected chi connectivity index (χ2v) is 6.24. The molecule has 0 N–H and O–H groups in total. The molecule has 23 heavy (non-hydrogen) atoms. The van der Waals surface area contributed by atoms with Crippen molar-refractivity contribution in [3.05, 3.63) is 23.7 Å². The minimum atomic E-state index is -0.487. The highest BCUT2D eigenvalue weighted by Gasteiger charge is 2.47. The van der Waals surface area contributed by atoms with Crippen molar-refractivity contribution >= 4 is 5.97 Å². The van der Waals surface area contributed by atoms with E-state index in [0.29, 0.717) is 6.54 Å². The maximum absolute atomic E-state index is 11.8. The van der Waals surface area contributed by atoms with Gasteiger partial charge < -0.3 is 13.9 Å². The summed E-state index contributed by atoms with van der Waals surface area (Å²) in [4.78, 5) is 13.9. The summed E-state index contributed by atoms with van der Waals surface area (Å²) in [7, 11) is 1.33. The van der Waals surface area contributed by atoms with Gasteiger partial charge >= 0.3 is 5.97 Å². The Balaban J connectivity index is 1.81. The van der Waals surface area contributed by atoms with Crippen LogP contribution in [-0.2, 0) is 16.0 Å². The Hall–Kier alpha value is -1.84. The first-order valence-corrected chi connectivity index (χ1v) is 8.12. The van der Waals surface area contributed by atoms with E-state index in [0.717, 1.165) is 50.8 Å². The van der Waals surface area contributed by atoms with Gasteiger partial charge in [-0.25, -0.2) is 4.79 Å². The topological polar surface area (TPSA) is 75.7 Å². The van der Waals surface area contributed by atoms with Crippen LogP contribution in [0.3, 0.4) is 0 Å². The smallest absolute Gasteiger partial charge is 0.374 e. The third-order valence-corrected chi connectivity index (χ3v) is 4.91. The molecule has 2 saturated heterocycles. The second-order valence-electron chi connectivity index (χ2n) is 6.24. The lowest BCUT2D eigenvalue weighted by Gasteiger charge is -2.48. The first-order valence-electron chi connectivity index (χ1n) is 8.12. The number of nitrogens with zero attached hydrogens (tertiary/aromatic N) is 2. The number of likely N-dealkylation sites (tertiary alicyclic amines) is 1. The van der Waals surface area contributed by atoms with Crippen molar-refractivity contribution in [2.75, 3.05) is 20.3 Å². The first kappa shape index (κ1) is 16.0. The van der Waals surface area contributed by atoms with Crippen LogP contribution in [0.2, 0.25) is 0 Å². The Labute approximate surface area is 135 Å². The number of furan rings is 1. The van der Waals surface area contributed by atoms with Crippen molar-refractivity contribution in [3.8, 4) is 6.07 Å². The molecule has 0 amide bonds. The molecule has 2 aliphatic heterocycles. The van der Waals surface area contributed by atoms with Crippen LogP contribution in [-0.4, -0.2) is 42.8 Å².